The van der Waals surface area contributed by atoms with Gasteiger partial charge in [-0.05, 0) is 62.8 Å². The molecule has 3 aromatic rings. The van der Waals surface area contributed by atoms with Crippen LogP contribution in [-0.4, -0.2) is 25.2 Å². The standard InChI is InChI=1S/C22H29N5S/c1-7-16(8-2)17(10-14(4)23)22-25-15(5)20(26-22)21-13(3)9-19(28-21)18-11-24-12-27(18)6/h9-12,16,23H,7-8H2,1-6H3,(H,25,26)/b17-10-,23-14?. The maximum Gasteiger partial charge on any atom is 0.134 e. The molecule has 2 N–H and O–H groups in total. The first kappa shape index (κ1) is 20.3. The SMILES string of the molecule is CCC(CC)/C(=C/C(C)=N)c1nc(-c2sc(-c3cncn3C)cc2C)c(C)[nH]1. The molecule has 0 bridgehead atoms. The lowest BCUT2D eigenvalue weighted by Crippen LogP contribution is -2.04. The molecule has 0 aliphatic carbocycles. The highest BCUT2D eigenvalue weighted by atomic mass is 32.1. The Morgan fingerprint density at radius 3 is 2.61 bits per heavy atom. The number of allylic oxidation sites excluding steroid dienone is 2. The average molecular weight is 396 g/mol. The summed E-state index contributed by atoms with van der Waals surface area (Å²) in [6.07, 6.45) is 7.76. The molecule has 0 unspecified atom stereocenters. The number of nitrogens with zero attached hydrogens (tertiary/aromatic N) is 3. The van der Waals surface area contributed by atoms with Gasteiger partial charge in [0.1, 0.15) is 11.5 Å². The number of imidazole rings is 2. The molecule has 0 aliphatic heterocycles. The van der Waals surface area contributed by atoms with Crippen molar-refractivity contribution in [2.45, 2.75) is 47.5 Å². The summed E-state index contributed by atoms with van der Waals surface area (Å²) in [7, 11) is 2.02. The van der Waals surface area contributed by atoms with E-state index in [4.69, 9.17) is 10.4 Å². The van der Waals surface area contributed by atoms with Crippen LogP contribution < -0.4 is 0 Å². The minimum absolute atomic E-state index is 0.396. The van der Waals surface area contributed by atoms with Crippen LogP contribution in [0.3, 0.4) is 0 Å². The summed E-state index contributed by atoms with van der Waals surface area (Å²) in [5.41, 5.74) is 6.10. The largest absolute Gasteiger partial charge is 0.342 e. The van der Waals surface area contributed by atoms with Crippen molar-refractivity contribution in [2.75, 3.05) is 0 Å². The Morgan fingerprint density at radius 1 is 1.32 bits per heavy atom. The Kier molecular flexibility index (Phi) is 5.98. The van der Waals surface area contributed by atoms with Crippen LogP contribution >= 0.6 is 11.3 Å². The molecule has 0 radical (unpaired) electrons. The average Bonchev–Trinajstić information content (AvgIpc) is 3.33. The van der Waals surface area contributed by atoms with Gasteiger partial charge in [-0.1, -0.05) is 13.8 Å². The van der Waals surface area contributed by atoms with Gasteiger partial charge in [-0.15, -0.1) is 11.3 Å². The van der Waals surface area contributed by atoms with Gasteiger partial charge in [0, 0.05) is 18.5 Å². The Balaban J connectivity index is 2.06. The van der Waals surface area contributed by atoms with Crippen LogP contribution in [0.15, 0.2) is 24.7 Å². The van der Waals surface area contributed by atoms with E-state index in [2.05, 4.69) is 43.7 Å². The van der Waals surface area contributed by atoms with Gasteiger partial charge in [-0.2, -0.15) is 0 Å². The molecule has 28 heavy (non-hydrogen) atoms. The lowest BCUT2D eigenvalue weighted by atomic mass is 9.92. The second kappa shape index (κ2) is 8.27. The monoisotopic (exact) mass is 395 g/mol. The lowest BCUT2D eigenvalue weighted by molar-refractivity contribution is 0.620. The summed E-state index contributed by atoms with van der Waals surface area (Å²) in [5, 5.41) is 7.96. The lowest BCUT2D eigenvalue weighted by Gasteiger charge is -2.15. The van der Waals surface area contributed by atoms with Crippen molar-refractivity contribution in [2.24, 2.45) is 13.0 Å². The minimum atomic E-state index is 0.396. The number of rotatable bonds is 7. The van der Waals surface area contributed by atoms with Gasteiger partial charge in [0.2, 0.25) is 0 Å². The highest BCUT2D eigenvalue weighted by molar-refractivity contribution is 7.19. The van der Waals surface area contributed by atoms with Crippen LogP contribution in [0.25, 0.3) is 26.7 Å². The van der Waals surface area contributed by atoms with Gasteiger partial charge in [-0.25, -0.2) is 9.97 Å². The molecule has 3 heterocycles. The van der Waals surface area contributed by atoms with E-state index in [0.29, 0.717) is 11.6 Å². The first-order valence-electron chi connectivity index (χ1n) is 9.76. The minimum Gasteiger partial charge on any atom is -0.342 e. The van der Waals surface area contributed by atoms with Gasteiger partial charge in [0.15, 0.2) is 0 Å². The predicted octanol–water partition coefficient (Wildman–Crippen LogP) is 6.01. The fraction of sp³-hybridized carbons (Fsp3) is 0.409. The molecule has 0 aromatic carbocycles. The quantitative estimate of drug-likeness (QED) is 0.481. The van der Waals surface area contributed by atoms with Crippen LogP contribution in [0.4, 0.5) is 0 Å². The van der Waals surface area contributed by atoms with E-state index < -0.39 is 0 Å². The van der Waals surface area contributed by atoms with Gasteiger partial charge in [0.25, 0.3) is 0 Å². The molecular formula is C22H29N5S. The van der Waals surface area contributed by atoms with Crippen molar-refractivity contribution < 1.29 is 0 Å². The Morgan fingerprint density at radius 2 is 2.04 bits per heavy atom. The summed E-state index contributed by atoms with van der Waals surface area (Å²) < 4.78 is 2.04. The van der Waals surface area contributed by atoms with Crippen LogP contribution in [0.1, 0.15) is 50.7 Å². The highest BCUT2D eigenvalue weighted by Gasteiger charge is 2.21. The number of aryl methyl sites for hydroxylation is 3. The maximum atomic E-state index is 7.96. The zero-order valence-electron chi connectivity index (χ0n) is 17.6. The number of hydrogen-bond acceptors (Lipinski definition) is 4. The summed E-state index contributed by atoms with van der Waals surface area (Å²) in [6.45, 7) is 10.4. The smallest absolute Gasteiger partial charge is 0.134 e. The van der Waals surface area contributed by atoms with Gasteiger partial charge in [-0.3, -0.25) is 0 Å². The topological polar surface area (TPSA) is 70.3 Å². The number of nitrogens with one attached hydrogen (secondary N) is 2. The van der Waals surface area contributed by atoms with E-state index in [1.807, 2.05) is 37.1 Å². The molecule has 0 aliphatic rings. The predicted molar refractivity (Wildman–Crippen MR) is 119 cm³/mol. The van der Waals surface area contributed by atoms with Gasteiger partial charge >= 0.3 is 0 Å². The van der Waals surface area contributed by atoms with Crippen molar-refractivity contribution in [1.29, 1.82) is 5.41 Å². The summed E-state index contributed by atoms with van der Waals surface area (Å²) in [6, 6.07) is 2.21. The summed E-state index contributed by atoms with van der Waals surface area (Å²) in [5.74, 6) is 1.29. The molecule has 0 spiro atoms. The normalized spacial score (nSPS) is 12.2. The molecule has 0 amide bonds. The third-order valence-electron chi connectivity index (χ3n) is 5.16. The fourth-order valence-corrected chi connectivity index (χ4v) is 4.87. The van der Waals surface area contributed by atoms with Crippen LogP contribution in [0.2, 0.25) is 0 Å². The second-order valence-electron chi connectivity index (χ2n) is 7.37. The fourth-order valence-electron chi connectivity index (χ4n) is 3.60. The maximum absolute atomic E-state index is 7.96. The number of thiophene rings is 1. The molecular weight excluding hydrogens is 366 g/mol. The first-order chi connectivity index (χ1) is 13.3. The Bertz CT molecular complexity index is 1010. The van der Waals surface area contributed by atoms with Crippen LogP contribution in [0, 0.1) is 25.2 Å². The molecule has 0 saturated heterocycles. The second-order valence-corrected chi connectivity index (χ2v) is 8.42. The van der Waals surface area contributed by atoms with Crippen molar-refractivity contribution in [3.05, 3.63) is 41.7 Å². The van der Waals surface area contributed by atoms with E-state index in [0.717, 1.165) is 41.3 Å². The zero-order chi connectivity index (χ0) is 20.4. The molecule has 6 heteroatoms. The summed E-state index contributed by atoms with van der Waals surface area (Å²) in [4.78, 5) is 15.1. The molecule has 0 saturated carbocycles. The van der Waals surface area contributed by atoms with E-state index in [9.17, 15) is 0 Å². The third-order valence-corrected chi connectivity index (χ3v) is 6.42. The van der Waals surface area contributed by atoms with Crippen molar-refractivity contribution in [3.63, 3.8) is 0 Å². The van der Waals surface area contributed by atoms with E-state index in [-0.39, 0.29) is 0 Å². The molecule has 0 atom stereocenters. The van der Waals surface area contributed by atoms with Gasteiger partial charge in [0.05, 0.1) is 28.0 Å². The highest BCUT2D eigenvalue weighted by Crippen LogP contribution is 2.39. The Labute approximate surface area is 171 Å². The van der Waals surface area contributed by atoms with Crippen molar-refractivity contribution in [3.8, 4) is 21.1 Å². The molecule has 5 nitrogen and oxygen atoms in total. The number of aromatic nitrogens is 4. The molecule has 148 valence electrons. The van der Waals surface area contributed by atoms with Crippen molar-refractivity contribution >= 4 is 22.6 Å². The van der Waals surface area contributed by atoms with Gasteiger partial charge < -0.3 is 15.0 Å². The Hall–Kier alpha value is -2.47. The van der Waals surface area contributed by atoms with Crippen LogP contribution in [0.5, 0.6) is 0 Å². The number of H-pyrrole nitrogens is 1. The molecule has 3 aromatic heterocycles. The van der Waals surface area contributed by atoms with E-state index >= 15 is 0 Å². The summed E-state index contributed by atoms with van der Waals surface area (Å²) >= 11 is 1.75. The number of aromatic amines is 1. The van der Waals surface area contributed by atoms with Crippen molar-refractivity contribution in [1.82, 2.24) is 19.5 Å². The molecule has 3 rings (SSSR count). The zero-order valence-corrected chi connectivity index (χ0v) is 18.4. The first-order valence-corrected chi connectivity index (χ1v) is 10.6. The molecule has 0 fully saturated rings. The van der Waals surface area contributed by atoms with E-state index in [1.165, 1.54) is 15.3 Å². The van der Waals surface area contributed by atoms with E-state index in [1.54, 1.807) is 11.3 Å². The third kappa shape index (κ3) is 3.87. The number of hydrogen-bond donors (Lipinski definition) is 2. The van der Waals surface area contributed by atoms with Crippen LogP contribution in [-0.2, 0) is 7.05 Å².